The average Bonchev–Trinajstić information content (AvgIpc) is 2.10. The van der Waals surface area contributed by atoms with Crippen molar-refractivity contribution in [3.05, 3.63) is 0 Å². The molecule has 0 saturated heterocycles. The van der Waals surface area contributed by atoms with Crippen LogP contribution in [0.1, 0.15) is 12.8 Å². The van der Waals surface area contributed by atoms with E-state index in [1.54, 1.807) is 11.8 Å². The lowest BCUT2D eigenvalue weighted by atomic mass is 10.3. The molecule has 1 aliphatic carbocycles. The molecule has 54 valence electrons. The SMILES string of the molecule is CS[C@H]1C[C@@H](N)C[C@@H]1O. The van der Waals surface area contributed by atoms with Crippen molar-refractivity contribution in [2.45, 2.75) is 30.2 Å². The first-order chi connectivity index (χ1) is 4.24. The third-order valence-electron chi connectivity index (χ3n) is 1.81. The molecule has 0 heterocycles. The van der Waals surface area contributed by atoms with Gasteiger partial charge in [0.1, 0.15) is 0 Å². The van der Waals surface area contributed by atoms with Crippen LogP contribution in [0.4, 0.5) is 0 Å². The summed E-state index contributed by atoms with van der Waals surface area (Å²) in [6, 6.07) is 0.234. The third-order valence-corrected chi connectivity index (χ3v) is 2.92. The number of nitrogens with two attached hydrogens (primary N) is 1. The van der Waals surface area contributed by atoms with Crippen LogP contribution in [-0.2, 0) is 0 Å². The summed E-state index contributed by atoms with van der Waals surface area (Å²) in [7, 11) is 0. The van der Waals surface area contributed by atoms with E-state index in [2.05, 4.69) is 0 Å². The van der Waals surface area contributed by atoms with Crippen LogP contribution >= 0.6 is 11.8 Å². The Morgan fingerprint density at radius 1 is 1.56 bits per heavy atom. The predicted octanol–water partition coefficient (Wildman–Crippen LogP) is 0.200. The molecule has 1 aliphatic rings. The Morgan fingerprint density at radius 2 is 2.22 bits per heavy atom. The number of hydrogen-bond donors (Lipinski definition) is 2. The molecule has 0 aromatic rings. The lowest BCUT2D eigenvalue weighted by Crippen LogP contribution is -2.15. The molecule has 0 aliphatic heterocycles. The largest absolute Gasteiger partial charge is 0.392 e. The van der Waals surface area contributed by atoms with Crippen LogP contribution in [-0.4, -0.2) is 28.8 Å². The van der Waals surface area contributed by atoms with Gasteiger partial charge in [-0.2, -0.15) is 11.8 Å². The summed E-state index contributed by atoms with van der Waals surface area (Å²) in [5, 5.41) is 9.65. The molecule has 0 amide bonds. The minimum Gasteiger partial charge on any atom is -0.392 e. The summed E-state index contributed by atoms with van der Waals surface area (Å²) in [5.74, 6) is 0. The second-order valence-corrected chi connectivity index (χ2v) is 3.65. The summed E-state index contributed by atoms with van der Waals surface area (Å²) < 4.78 is 0. The van der Waals surface area contributed by atoms with E-state index in [-0.39, 0.29) is 12.1 Å². The van der Waals surface area contributed by atoms with Crippen molar-refractivity contribution in [2.24, 2.45) is 5.73 Å². The molecule has 3 N–H and O–H groups in total. The Hall–Kier alpha value is 0.270. The van der Waals surface area contributed by atoms with E-state index in [1.165, 1.54) is 0 Å². The maximum absolute atomic E-state index is 9.26. The summed E-state index contributed by atoms with van der Waals surface area (Å²) in [6.45, 7) is 0. The molecule has 0 bridgehead atoms. The lowest BCUT2D eigenvalue weighted by molar-refractivity contribution is 0.186. The first kappa shape index (κ1) is 7.38. The van der Waals surface area contributed by atoms with E-state index in [0.717, 1.165) is 12.8 Å². The van der Waals surface area contributed by atoms with Gasteiger partial charge in [0.05, 0.1) is 6.10 Å². The molecule has 2 nitrogen and oxygen atoms in total. The van der Waals surface area contributed by atoms with Crippen molar-refractivity contribution in [2.75, 3.05) is 6.26 Å². The van der Waals surface area contributed by atoms with Crippen LogP contribution in [0.15, 0.2) is 0 Å². The van der Waals surface area contributed by atoms with Gasteiger partial charge < -0.3 is 10.8 Å². The molecule has 3 atom stereocenters. The highest BCUT2D eigenvalue weighted by Crippen LogP contribution is 2.27. The minimum absolute atomic E-state index is 0.157. The zero-order valence-corrected chi connectivity index (χ0v) is 6.40. The Balaban J connectivity index is 2.38. The van der Waals surface area contributed by atoms with Crippen LogP contribution in [0.2, 0.25) is 0 Å². The standard InChI is InChI=1S/C6H13NOS/c1-9-6-3-4(7)2-5(6)8/h4-6,8H,2-3,7H2,1H3/t4-,5-,6-/m0/s1. The van der Waals surface area contributed by atoms with Gasteiger partial charge in [0.15, 0.2) is 0 Å². The molecule has 1 saturated carbocycles. The Morgan fingerprint density at radius 3 is 2.44 bits per heavy atom. The maximum Gasteiger partial charge on any atom is 0.0674 e. The van der Waals surface area contributed by atoms with Gasteiger partial charge in [0.2, 0.25) is 0 Å². The first-order valence-corrected chi connectivity index (χ1v) is 4.49. The van der Waals surface area contributed by atoms with Crippen molar-refractivity contribution in [3.63, 3.8) is 0 Å². The molecular weight excluding hydrogens is 134 g/mol. The molecule has 0 aromatic heterocycles. The molecule has 0 unspecified atom stereocenters. The molecule has 0 aromatic carbocycles. The van der Waals surface area contributed by atoms with Gasteiger partial charge in [0.25, 0.3) is 0 Å². The Bertz CT molecular complexity index is 99.1. The Kier molecular flexibility index (Phi) is 2.38. The van der Waals surface area contributed by atoms with E-state index < -0.39 is 0 Å². The van der Waals surface area contributed by atoms with Gasteiger partial charge in [-0.1, -0.05) is 0 Å². The van der Waals surface area contributed by atoms with Crippen molar-refractivity contribution in [3.8, 4) is 0 Å². The summed E-state index contributed by atoms with van der Waals surface area (Å²) in [5.41, 5.74) is 5.62. The average molecular weight is 147 g/mol. The van der Waals surface area contributed by atoms with Gasteiger partial charge in [-0.15, -0.1) is 0 Å². The summed E-state index contributed by atoms with van der Waals surface area (Å²) in [4.78, 5) is 0. The number of aliphatic hydroxyl groups excluding tert-OH is 1. The summed E-state index contributed by atoms with van der Waals surface area (Å²) in [6.07, 6.45) is 3.62. The highest BCUT2D eigenvalue weighted by molar-refractivity contribution is 7.99. The van der Waals surface area contributed by atoms with Gasteiger partial charge in [-0.25, -0.2) is 0 Å². The highest BCUT2D eigenvalue weighted by atomic mass is 32.2. The van der Waals surface area contributed by atoms with Crippen molar-refractivity contribution in [1.29, 1.82) is 0 Å². The maximum atomic E-state index is 9.26. The molecule has 9 heavy (non-hydrogen) atoms. The van der Waals surface area contributed by atoms with Crippen molar-refractivity contribution < 1.29 is 5.11 Å². The first-order valence-electron chi connectivity index (χ1n) is 3.20. The normalized spacial score (nSPS) is 43.7. The molecule has 0 spiro atoms. The van der Waals surface area contributed by atoms with E-state index in [4.69, 9.17) is 5.73 Å². The molecule has 0 radical (unpaired) electrons. The second-order valence-electron chi connectivity index (χ2n) is 2.57. The van der Waals surface area contributed by atoms with Crippen molar-refractivity contribution >= 4 is 11.8 Å². The van der Waals surface area contributed by atoms with Gasteiger partial charge in [-0.05, 0) is 19.1 Å². The fourth-order valence-electron chi connectivity index (χ4n) is 1.27. The fraction of sp³-hybridized carbons (Fsp3) is 1.00. The van der Waals surface area contributed by atoms with Crippen LogP contribution in [0.3, 0.4) is 0 Å². The lowest BCUT2D eigenvalue weighted by Gasteiger charge is -2.08. The predicted molar refractivity (Wildman–Crippen MR) is 40.5 cm³/mol. The molecule has 1 rings (SSSR count). The molecule has 3 heteroatoms. The van der Waals surface area contributed by atoms with E-state index >= 15 is 0 Å². The minimum atomic E-state index is -0.157. The van der Waals surface area contributed by atoms with Gasteiger partial charge in [-0.3, -0.25) is 0 Å². The van der Waals surface area contributed by atoms with E-state index in [9.17, 15) is 5.11 Å². The second kappa shape index (κ2) is 2.90. The topological polar surface area (TPSA) is 46.2 Å². The zero-order valence-electron chi connectivity index (χ0n) is 5.58. The highest BCUT2D eigenvalue weighted by Gasteiger charge is 2.29. The van der Waals surface area contributed by atoms with Crippen LogP contribution in [0, 0.1) is 0 Å². The number of rotatable bonds is 1. The summed E-state index contributed by atoms with van der Waals surface area (Å²) >= 11 is 1.71. The van der Waals surface area contributed by atoms with E-state index in [1.807, 2.05) is 6.26 Å². The molecule has 1 fully saturated rings. The van der Waals surface area contributed by atoms with Crippen LogP contribution in [0.5, 0.6) is 0 Å². The van der Waals surface area contributed by atoms with Crippen molar-refractivity contribution in [1.82, 2.24) is 0 Å². The smallest absolute Gasteiger partial charge is 0.0674 e. The zero-order chi connectivity index (χ0) is 6.85. The number of aliphatic hydroxyl groups is 1. The van der Waals surface area contributed by atoms with Gasteiger partial charge in [0, 0.05) is 11.3 Å². The van der Waals surface area contributed by atoms with Gasteiger partial charge >= 0.3 is 0 Å². The van der Waals surface area contributed by atoms with Crippen LogP contribution in [0.25, 0.3) is 0 Å². The fourth-order valence-corrected chi connectivity index (χ4v) is 2.13. The quantitative estimate of drug-likeness (QED) is 0.557. The van der Waals surface area contributed by atoms with E-state index in [0.29, 0.717) is 5.25 Å². The monoisotopic (exact) mass is 147 g/mol. The number of hydrogen-bond acceptors (Lipinski definition) is 3. The number of thioether (sulfide) groups is 1. The third kappa shape index (κ3) is 1.60. The molecular formula is C6H13NOS. The van der Waals surface area contributed by atoms with Crippen LogP contribution < -0.4 is 5.73 Å². The Labute approximate surface area is 59.8 Å².